The number of amides is 2. The number of hydrogen-bond acceptors (Lipinski definition) is 4. The number of para-hydroxylation sites is 1. The molecule has 1 saturated heterocycles. The first-order valence-corrected chi connectivity index (χ1v) is 8.65. The first-order valence-electron chi connectivity index (χ1n) is 8.65. The van der Waals surface area contributed by atoms with Crippen LogP contribution < -0.4 is 4.90 Å². The van der Waals surface area contributed by atoms with Gasteiger partial charge in [0.25, 0.3) is 0 Å². The van der Waals surface area contributed by atoms with E-state index >= 15 is 0 Å². The van der Waals surface area contributed by atoms with Gasteiger partial charge >= 0.3 is 0 Å². The minimum absolute atomic E-state index is 0.00122. The van der Waals surface area contributed by atoms with E-state index in [-0.39, 0.29) is 24.2 Å². The second-order valence-corrected chi connectivity index (χ2v) is 6.72. The summed E-state index contributed by atoms with van der Waals surface area (Å²) in [6, 6.07) is 9.50. The molecule has 2 aromatic rings. The molecule has 1 unspecified atom stereocenters. The van der Waals surface area contributed by atoms with Crippen molar-refractivity contribution in [2.45, 2.75) is 32.4 Å². The molecule has 4 rings (SSSR count). The molecular formula is C18H21N5O2. The third-order valence-electron chi connectivity index (χ3n) is 4.98. The first-order chi connectivity index (χ1) is 12.1. The topological polar surface area (TPSA) is 71.3 Å². The minimum atomic E-state index is -0.307. The molecule has 7 nitrogen and oxygen atoms in total. The van der Waals surface area contributed by atoms with Crippen LogP contribution >= 0.6 is 0 Å². The van der Waals surface area contributed by atoms with Crippen LogP contribution in [0, 0.1) is 5.92 Å². The number of carbonyl (C=O) groups excluding carboxylic acids is 2. The summed E-state index contributed by atoms with van der Waals surface area (Å²) in [4.78, 5) is 28.5. The zero-order valence-corrected chi connectivity index (χ0v) is 14.3. The standard InChI is InChI=1S/C18H21N5O2/c1-21(12-16-20-19-15-8-5-9-22(15)16)18(25)13-10-17(24)23(11-13)14-6-3-2-4-7-14/h2-4,6-7,13H,5,8-12H2,1H3. The quantitative estimate of drug-likeness (QED) is 0.840. The molecule has 25 heavy (non-hydrogen) atoms. The normalized spacial score (nSPS) is 19.3. The van der Waals surface area contributed by atoms with Crippen LogP contribution in [0.15, 0.2) is 30.3 Å². The highest BCUT2D eigenvalue weighted by atomic mass is 16.2. The lowest BCUT2D eigenvalue weighted by Crippen LogP contribution is -2.35. The third kappa shape index (κ3) is 2.90. The van der Waals surface area contributed by atoms with Gasteiger partial charge in [-0.25, -0.2) is 0 Å². The van der Waals surface area contributed by atoms with Crippen LogP contribution in [0.25, 0.3) is 0 Å². The molecule has 1 fully saturated rings. The zero-order valence-electron chi connectivity index (χ0n) is 14.3. The fourth-order valence-electron chi connectivity index (χ4n) is 3.66. The number of aromatic nitrogens is 3. The first kappa shape index (κ1) is 15.8. The third-order valence-corrected chi connectivity index (χ3v) is 4.98. The summed E-state index contributed by atoms with van der Waals surface area (Å²) in [6.45, 7) is 1.79. The predicted molar refractivity (Wildman–Crippen MR) is 91.7 cm³/mol. The van der Waals surface area contributed by atoms with Gasteiger partial charge in [-0.1, -0.05) is 18.2 Å². The van der Waals surface area contributed by atoms with Crippen molar-refractivity contribution in [2.24, 2.45) is 5.92 Å². The van der Waals surface area contributed by atoms with Gasteiger partial charge in [0.15, 0.2) is 5.82 Å². The van der Waals surface area contributed by atoms with Crippen molar-refractivity contribution >= 4 is 17.5 Å². The molecule has 130 valence electrons. The molecule has 2 aliphatic rings. The molecule has 2 amide bonds. The monoisotopic (exact) mass is 339 g/mol. The molecule has 0 spiro atoms. The van der Waals surface area contributed by atoms with Crippen molar-refractivity contribution < 1.29 is 9.59 Å². The van der Waals surface area contributed by atoms with E-state index in [0.29, 0.717) is 13.1 Å². The van der Waals surface area contributed by atoms with E-state index < -0.39 is 0 Å². The second-order valence-electron chi connectivity index (χ2n) is 6.72. The average Bonchev–Trinajstić information content (AvgIpc) is 3.32. The van der Waals surface area contributed by atoms with Gasteiger partial charge in [-0.05, 0) is 18.6 Å². The summed E-state index contributed by atoms with van der Waals surface area (Å²) < 4.78 is 2.10. The minimum Gasteiger partial charge on any atom is -0.338 e. The number of carbonyl (C=O) groups is 2. The summed E-state index contributed by atoms with van der Waals surface area (Å²) in [5.41, 5.74) is 0.848. The Morgan fingerprint density at radius 3 is 2.88 bits per heavy atom. The Hall–Kier alpha value is -2.70. The summed E-state index contributed by atoms with van der Waals surface area (Å²) >= 11 is 0. The Labute approximate surface area is 146 Å². The van der Waals surface area contributed by atoms with Crippen LogP contribution in [-0.2, 0) is 29.1 Å². The molecule has 1 atom stereocenters. The van der Waals surface area contributed by atoms with Crippen LogP contribution in [0.4, 0.5) is 5.69 Å². The Morgan fingerprint density at radius 2 is 2.08 bits per heavy atom. The van der Waals surface area contributed by atoms with Gasteiger partial charge in [-0.2, -0.15) is 0 Å². The number of benzene rings is 1. The number of aryl methyl sites for hydroxylation is 1. The highest BCUT2D eigenvalue weighted by Gasteiger charge is 2.36. The van der Waals surface area contributed by atoms with Crippen molar-refractivity contribution in [1.82, 2.24) is 19.7 Å². The lowest BCUT2D eigenvalue weighted by molar-refractivity contribution is -0.135. The van der Waals surface area contributed by atoms with Gasteiger partial charge < -0.3 is 14.4 Å². The van der Waals surface area contributed by atoms with Crippen LogP contribution in [-0.4, -0.2) is 45.1 Å². The molecular weight excluding hydrogens is 318 g/mol. The maximum atomic E-state index is 12.8. The van der Waals surface area contributed by atoms with E-state index in [2.05, 4.69) is 14.8 Å². The van der Waals surface area contributed by atoms with Gasteiger partial charge in [0, 0.05) is 38.7 Å². The Bertz CT molecular complexity index is 801. The summed E-state index contributed by atoms with van der Waals surface area (Å²) in [5.74, 6) is 1.51. The van der Waals surface area contributed by atoms with Crippen molar-refractivity contribution in [3.05, 3.63) is 42.0 Å². The summed E-state index contributed by atoms with van der Waals surface area (Å²) in [6.07, 6.45) is 2.29. The van der Waals surface area contributed by atoms with Crippen molar-refractivity contribution in [3.8, 4) is 0 Å². The van der Waals surface area contributed by atoms with Gasteiger partial charge in [-0.15, -0.1) is 10.2 Å². The predicted octanol–water partition coefficient (Wildman–Crippen LogP) is 1.24. The number of fused-ring (bicyclic) bond motifs is 1. The van der Waals surface area contributed by atoms with Crippen molar-refractivity contribution in [2.75, 3.05) is 18.5 Å². The maximum absolute atomic E-state index is 12.8. The average molecular weight is 339 g/mol. The SMILES string of the molecule is CN(Cc1nnc2n1CCC2)C(=O)C1CC(=O)N(c2ccccc2)C1. The fourth-order valence-corrected chi connectivity index (χ4v) is 3.66. The highest BCUT2D eigenvalue weighted by molar-refractivity contribution is 6.00. The van der Waals surface area contributed by atoms with E-state index in [1.54, 1.807) is 16.8 Å². The Kier molecular flexibility index (Phi) is 3.99. The van der Waals surface area contributed by atoms with Crippen LogP contribution in [0.5, 0.6) is 0 Å². The van der Waals surface area contributed by atoms with Crippen molar-refractivity contribution in [1.29, 1.82) is 0 Å². The number of nitrogens with zero attached hydrogens (tertiary/aromatic N) is 5. The molecule has 2 aliphatic heterocycles. The largest absolute Gasteiger partial charge is 0.338 e. The highest BCUT2D eigenvalue weighted by Crippen LogP contribution is 2.26. The van der Waals surface area contributed by atoms with Crippen LogP contribution in [0.3, 0.4) is 0 Å². The number of rotatable bonds is 4. The molecule has 0 bridgehead atoms. The molecule has 0 aliphatic carbocycles. The molecule has 1 aromatic carbocycles. The molecule has 0 saturated carbocycles. The van der Waals surface area contributed by atoms with E-state index in [1.165, 1.54) is 0 Å². The molecule has 0 N–H and O–H groups in total. The summed E-state index contributed by atoms with van der Waals surface area (Å²) in [7, 11) is 1.77. The smallest absolute Gasteiger partial charge is 0.228 e. The van der Waals surface area contributed by atoms with E-state index in [0.717, 1.165) is 36.7 Å². The van der Waals surface area contributed by atoms with Gasteiger partial charge in [0.05, 0.1) is 12.5 Å². The van der Waals surface area contributed by atoms with Gasteiger partial charge in [0.1, 0.15) is 5.82 Å². The number of hydrogen-bond donors (Lipinski definition) is 0. The van der Waals surface area contributed by atoms with Gasteiger partial charge in [-0.3, -0.25) is 9.59 Å². The zero-order chi connectivity index (χ0) is 17.4. The molecule has 7 heteroatoms. The van der Waals surface area contributed by atoms with Crippen LogP contribution in [0.1, 0.15) is 24.5 Å². The summed E-state index contributed by atoms with van der Waals surface area (Å²) in [5, 5.41) is 8.39. The Morgan fingerprint density at radius 1 is 1.28 bits per heavy atom. The van der Waals surface area contributed by atoms with Crippen LogP contribution in [0.2, 0.25) is 0 Å². The van der Waals surface area contributed by atoms with Crippen molar-refractivity contribution in [3.63, 3.8) is 0 Å². The molecule has 1 aromatic heterocycles. The van der Waals surface area contributed by atoms with E-state index in [9.17, 15) is 9.59 Å². The fraction of sp³-hybridized carbons (Fsp3) is 0.444. The van der Waals surface area contributed by atoms with Gasteiger partial charge in [0.2, 0.25) is 11.8 Å². The maximum Gasteiger partial charge on any atom is 0.228 e. The lowest BCUT2D eigenvalue weighted by Gasteiger charge is -2.21. The Balaban J connectivity index is 1.43. The lowest BCUT2D eigenvalue weighted by atomic mass is 10.1. The molecule has 3 heterocycles. The molecule has 0 radical (unpaired) electrons. The van der Waals surface area contributed by atoms with E-state index in [1.807, 2.05) is 30.3 Å². The number of anilines is 1. The van der Waals surface area contributed by atoms with E-state index in [4.69, 9.17) is 0 Å². The second kappa shape index (κ2) is 6.31.